The molecule has 0 saturated heterocycles. The van der Waals surface area contributed by atoms with E-state index in [1.165, 1.54) is 0 Å². The van der Waals surface area contributed by atoms with Gasteiger partial charge in [-0.25, -0.2) is 4.98 Å². The van der Waals surface area contributed by atoms with Crippen LogP contribution in [0.25, 0.3) is 0 Å². The molecule has 106 valence electrons. The molecule has 0 saturated carbocycles. The number of aromatic nitrogens is 2. The molecule has 19 heavy (non-hydrogen) atoms. The van der Waals surface area contributed by atoms with Gasteiger partial charge in [0, 0.05) is 32.0 Å². The molecule has 0 aromatic carbocycles. The quantitative estimate of drug-likeness (QED) is 0.803. The monoisotopic (exact) mass is 267 g/mol. The maximum absolute atomic E-state index is 12.3. The first-order chi connectivity index (χ1) is 8.95. The summed E-state index contributed by atoms with van der Waals surface area (Å²) in [7, 11) is 0. The number of hydrogen-bond acceptors (Lipinski definition) is 4. The largest absolute Gasteiger partial charge is 0.481 e. The molecule has 0 aliphatic rings. The number of rotatable bonds is 7. The summed E-state index contributed by atoms with van der Waals surface area (Å²) < 4.78 is 1.62. The molecule has 0 aliphatic heterocycles. The van der Waals surface area contributed by atoms with E-state index in [9.17, 15) is 9.59 Å². The van der Waals surface area contributed by atoms with Crippen LogP contribution < -0.4 is 10.5 Å². The fourth-order valence-electron chi connectivity index (χ4n) is 1.83. The molecule has 0 radical (unpaired) electrons. The van der Waals surface area contributed by atoms with Gasteiger partial charge in [0.25, 0.3) is 5.56 Å². The van der Waals surface area contributed by atoms with Crippen molar-refractivity contribution in [2.24, 2.45) is 5.92 Å². The lowest BCUT2D eigenvalue weighted by Crippen LogP contribution is -2.35. The van der Waals surface area contributed by atoms with Crippen molar-refractivity contribution in [3.63, 3.8) is 0 Å². The third-order valence-electron chi connectivity index (χ3n) is 2.73. The number of aliphatic carboxylic acids is 1. The fraction of sp³-hybridized carbons (Fsp3) is 0.615. The highest BCUT2D eigenvalue weighted by atomic mass is 16.4. The van der Waals surface area contributed by atoms with Crippen molar-refractivity contribution in [1.82, 2.24) is 9.55 Å². The first-order valence-corrected chi connectivity index (χ1v) is 6.47. The fourth-order valence-corrected chi connectivity index (χ4v) is 1.83. The third-order valence-corrected chi connectivity index (χ3v) is 2.73. The van der Waals surface area contributed by atoms with Crippen molar-refractivity contribution >= 4 is 11.8 Å². The molecule has 0 bridgehead atoms. The minimum atomic E-state index is -0.878. The van der Waals surface area contributed by atoms with Gasteiger partial charge < -0.3 is 14.6 Å². The van der Waals surface area contributed by atoms with Crippen LogP contribution in [0.4, 0.5) is 5.82 Å². The van der Waals surface area contributed by atoms with Crippen LogP contribution in [0.5, 0.6) is 0 Å². The van der Waals surface area contributed by atoms with Crippen LogP contribution in [-0.2, 0) is 11.3 Å². The summed E-state index contributed by atoms with van der Waals surface area (Å²) in [6, 6.07) is 0. The van der Waals surface area contributed by atoms with Crippen LogP contribution in [-0.4, -0.2) is 33.7 Å². The topological polar surface area (TPSA) is 75.4 Å². The van der Waals surface area contributed by atoms with Crippen molar-refractivity contribution in [1.29, 1.82) is 0 Å². The molecule has 0 aliphatic carbocycles. The Morgan fingerprint density at radius 2 is 2.21 bits per heavy atom. The van der Waals surface area contributed by atoms with Crippen molar-refractivity contribution in [3.8, 4) is 0 Å². The summed E-state index contributed by atoms with van der Waals surface area (Å²) in [6.07, 6.45) is 3.24. The average molecular weight is 267 g/mol. The zero-order valence-corrected chi connectivity index (χ0v) is 11.7. The lowest BCUT2D eigenvalue weighted by molar-refractivity contribution is -0.136. The number of hydrogen-bond donors (Lipinski definition) is 1. The Labute approximate surface area is 112 Å². The Morgan fingerprint density at radius 1 is 1.53 bits per heavy atom. The Hall–Kier alpha value is -1.85. The Bertz CT molecular complexity index is 482. The van der Waals surface area contributed by atoms with Gasteiger partial charge in [-0.15, -0.1) is 0 Å². The van der Waals surface area contributed by atoms with Gasteiger partial charge in [0.05, 0.1) is 6.42 Å². The Kier molecular flexibility index (Phi) is 5.54. The summed E-state index contributed by atoms with van der Waals surface area (Å²) in [4.78, 5) is 28.7. The van der Waals surface area contributed by atoms with Gasteiger partial charge in [-0.3, -0.25) is 9.59 Å². The number of nitrogens with zero attached hydrogens (tertiary/aromatic N) is 3. The third kappa shape index (κ3) is 4.39. The molecule has 0 unspecified atom stereocenters. The van der Waals surface area contributed by atoms with E-state index in [2.05, 4.69) is 4.98 Å². The second kappa shape index (κ2) is 6.92. The molecule has 1 N–H and O–H groups in total. The highest BCUT2D eigenvalue weighted by Gasteiger charge is 2.13. The minimum absolute atomic E-state index is 0.00592. The summed E-state index contributed by atoms with van der Waals surface area (Å²) in [5.74, 6) is -0.189. The van der Waals surface area contributed by atoms with Crippen molar-refractivity contribution in [3.05, 3.63) is 22.7 Å². The lowest BCUT2D eigenvalue weighted by atomic mass is 10.2. The van der Waals surface area contributed by atoms with Crippen LogP contribution in [0.15, 0.2) is 17.2 Å². The second-order valence-electron chi connectivity index (χ2n) is 4.83. The van der Waals surface area contributed by atoms with Crippen LogP contribution >= 0.6 is 0 Å². The average Bonchev–Trinajstić information content (AvgIpc) is 2.33. The molecular weight excluding hydrogens is 246 g/mol. The lowest BCUT2D eigenvalue weighted by Gasteiger charge is -2.21. The van der Waals surface area contributed by atoms with E-state index in [1.54, 1.807) is 21.9 Å². The van der Waals surface area contributed by atoms with Crippen molar-refractivity contribution in [2.75, 3.05) is 18.0 Å². The number of carbonyl (C=O) groups is 1. The van der Waals surface area contributed by atoms with E-state index in [4.69, 9.17) is 5.11 Å². The zero-order chi connectivity index (χ0) is 14.4. The zero-order valence-electron chi connectivity index (χ0n) is 11.7. The van der Waals surface area contributed by atoms with Crippen molar-refractivity contribution in [2.45, 2.75) is 33.7 Å². The predicted molar refractivity (Wildman–Crippen MR) is 73.5 cm³/mol. The SMILES string of the molecule is CCN(CCC(=O)O)c1nccn(CC(C)C)c1=O. The maximum Gasteiger partial charge on any atom is 0.305 e. The van der Waals surface area contributed by atoms with Gasteiger partial charge in [0.2, 0.25) is 0 Å². The molecule has 6 heteroatoms. The smallest absolute Gasteiger partial charge is 0.305 e. The van der Waals surface area contributed by atoms with Gasteiger partial charge in [-0.2, -0.15) is 0 Å². The van der Waals surface area contributed by atoms with Gasteiger partial charge in [0.1, 0.15) is 0 Å². The number of anilines is 1. The molecule has 1 heterocycles. The van der Waals surface area contributed by atoms with Gasteiger partial charge in [-0.05, 0) is 12.8 Å². The molecular formula is C13H21N3O3. The standard InChI is InChI=1S/C13H21N3O3/c1-4-15(7-5-11(17)18)12-13(19)16(8-6-14-12)9-10(2)3/h6,8,10H,4-5,7,9H2,1-3H3,(H,17,18). The molecule has 1 aromatic heterocycles. The second-order valence-corrected chi connectivity index (χ2v) is 4.83. The highest BCUT2D eigenvalue weighted by molar-refractivity contribution is 5.67. The summed E-state index contributed by atoms with van der Waals surface area (Å²) in [5.41, 5.74) is -0.163. The Balaban J connectivity index is 2.97. The molecule has 1 rings (SSSR count). The van der Waals surface area contributed by atoms with Crippen LogP contribution in [0.1, 0.15) is 27.2 Å². The number of carboxylic acids is 1. The van der Waals surface area contributed by atoms with E-state index < -0.39 is 5.97 Å². The van der Waals surface area contributed by atoms with Crippen LogP contribution in [0.3, 0.4) is 0 Å². The molecule has 6 nitrogen and oxygen atoms in total. The van der Waals surface area contributed by atoms with E-state index in [0.29, 0.717) is 31.4 Å². The maximum atomic E-state index is 12.3. The Morgan fingerprint density at radius 3 is 2.74 bits per heavy atom. The predicted octanol–water partition coefficient (Wildman–Crippen LogP) is 1.20. The summed E-state index contributed by atoms with van der Waals surface area (Å²) in [6.45, 7) is 7.43. The van der Waals surface area contributed by atoms with Crippen LogP contribution in [0.2, 0.25) is 0 Å². The van der Waals surface area contributed by atoms with E-state index in [1.807, 2.05) is 20.8 Å². The number of carboxylic acid groups (broad SMARTS) is 1. The van der Waals surface area contributed by atoms with Gasteiger partial charge in [-0.1, -0.05) is 13.8 Å². The highest BCUT2D eigenvalue weighted by Crippen LogP contribution is 2.05. The minimum Gasteiger partial charge on any atom is -0.481 e. The molecule has 0 spiro atoms. The van der Waals surface area contributed by atoms with Gasteiger partial charge in [0.15, 0.2) is 5.82 Å². The summed E-state index contributed by atoms with van der Waals surface area (Å²) >= 11 is 0. The molecule has 1 aromatic rings. The van der Waals surface area contributed by atoms with E-state index in [-0.39, 0.29) is 12.0 Å². The van der Waals surface area contributed by atoms with Gasteiger partial charge >= 0.3 is 5.97 Å². The molecule has 0 amide bonds. The van der Waals surface area contributed by atoms with E-state index >= 15 is 0 Å². The first-order valence-electron chi connectivity index (χ1n) is 6.47. The molecule has 0 atom stereocenters. The normalized spacial score (nSPS) is 10.7. The first kappa shape index (κ1) is 15.2. The molecule has 0 fully saturated rings. The summed E-state index contributed by atoms with van der Waals surface area (Å²) in [5, 5.41) is 8.72. The van der Waals surface area contributed by atoms with E-state index in [0.717, 1.165) is 0 Å². The van der Waals surface area contributed by atoms with Crippen LogP contribution in [0, 0.1) is 5.92 Å². The van der Waals surface area contributed by atoms with Crippen molar-refractivity contribution < 1.29 is 9.90 Å².